The van der Waals surface area contributed by atoms with Crippen molar-refractivity contribution in [3.63, 3.8) is 0 Å². The van der Waals surface area contributed by atoms with Crippen LogP contribution in [0.25, 0.3) is 45.2 Å². The van der Waals surface area contributed by atoms with E-state index < -0.39 is 11.3 Å². The van der Waals surface area contributed by atoms with Gasteiger partial charge >= 0.3 is 22.4 Å². The third kappa shape index (κ3) is 4.99. The van der Waals surface area contributed by atoms with Crippen molar-refractivity contribution < 1.29 is 8.83 Å². The summed E-state index contributed by atoms with van der Waals surface area (Å²) in [5.74, 6) is 1.56. The van der Waals surface area contributed by atoms with Gasteiger partial charge in [-0.1, -0.05) is 72.8 Å². The predicted octanol–water partition coefficient (Wildman–Crippen LogP) is 7.45. The van der Waals surface area contributed by atoms with Crippen LogP contribution in [0, 0.1) is 11.8 Å². The second-order valence-electron chi connectivity index (χ2n) is 13.1. The lowest BCUT2D eigenvalue weighted by Crippen LogP contribution is -2.24. The monoisotopic (exact) mass is 706 g/mol. The summed E-state index contributed by atoms with van der Waals surface area (Å²) in [6.07, 6.45) is 0. The zero-order valence-electron chi connectivity index (χ0n) is 29.2. The Morgan fingerprint density at radius 2 is 0.722 bits per heavy atom. The SMILES string of the molecule is Cn1c2cccccc-2c([C+](c2ccc([C+](c3c4cccccc-4oc3=O)c3c4cccccc-4oc3=O)cc2)c2c3cccccc-3n(C)c2=O)c1=O. The van der Waals surface area contributed by atoms with Crippen LogP contribution in [-0.4, -0.2) is 9.13 Å². The van der Waals surface area contributed by atoms with E-state index in [0.717, 1.165) is 0 Å². The summed E-state index contributed by atoms with van der Waals surface area (Å²) in [6.45, 7) is 0. The van der Waals surface area contributed by atoms with Gasteiger partial charge in [-0.05, 0) is 48.5 Å². The fraction of sp³-hybridized carbons (Fsp3) is 0.0435. The molecule has 0 radical (unpaired) electrons. The average Bonchev–Trinajstić information content (AvgIpc) is 3.49. The van der Waals surface area contributed by atoms with E-state index in [4.69, 9.17) is 8.83 Å². The van der Waals surface area contributed by atoms with Crippen LogP contribution < -0.4 is 22.4 Å². The summed E-state index contributed by atoms with van der Waals surface area (Å²) in [4.78, 5) is 56.2. The quantitative estimate of drug-likeness (QED) is 0.167. The van der Waals surface area contributed by atoms with Crippen molar-refractivity contribution in [2.75, 3.05) is 0 Å². The van der Waals surface area contributed by atoms with Gasteiger partial charge in [0.15, 0.2) is 22.6 Å². The summed E-state index contributed by atoms with van der Waals surface area (Å²) in [5.41, 5.74) is 4.54. The summed E-state index contributed by atoms with van der Waals surface area (Å²) in [6, 6.07) is 43.9. The Labute approximate surface area is 308 Å². The molecule has 54 heavy (non-hydrogen) atoms. The molecule has 1 aromatic carbocycles. The zero-order valence-corrected chi connectivity index (χ0v) is 29.2. The number of nitrogens with zero attached hydrogens (tertiary/aromatic N) is 2. The van der Waals surface area contributed by atoms with E-state index in [0.29, 0.717) is 79.3 Å². The minimum atomic E-state index is -0.601. The normalized spacial score (nSPS) is 11.4. The Kier molecular flexibility index (Phi) is 7.67. The van der Waals surface area contributed by atoms with E-state index >= 15 is 0 Å². The standard InChI is InChI=1S/C46H30N2O6/c1-47-33-19-11-3-7-15-29(33)39(43(47)49)37(40-30-16-8-4-12-20-34(30)48(2)44(40)50)27-23-25-28(26-24-27)38(41-31-17-9-5-13-21-35(31)53-45(41)51)42-32-18-10-6-14-22-36(32)54-46(42)52/h3-26H,1-2H3/q+2. The molecule has 0 bridgehead atoms. The van der Waals surface area contributed by atoms with Crippen LogP contribution in [0.2, 0.25) is 0 Å². The molecule has 0 amide bonds. The molecular weight excluding hydrogens is 677 g/mol. The third-order valence-electron chi connectivity index (χ3n) is 10.1. The molecule has 4 aliphatic heterocycles. The molecule has 0 aromatic heterocycles. The van der Waals surface area contributed by atoms with Crippen molar-refractivity contribution in [1.29, 1.82) is 0 Å². The number of hydrogen-bond donors (Lipinski definition) is 0. The molecule has 9 rings (SSSR count). The van der Waals surface area contributed by atoms with Crippen molar-refractivity contribution in [1.82, 2.24) is 9.13 Å². The van der Waals surface area contributed by atoms with Crippen molar-refractivity contribution in [2.45, 2.75) is 0 Å². The van der Waals surface area contributed by atoms with Gasteiger partial charge in [-0.2, -0.15) is 0 Å². The van der Waals surface area contributed by atoms with Gasteiger partial charge in [0.25, 0.3) is 0 Å². The number of fused-ring (bicyclic) bond motifs is 4. The molecule has 8 aliphatic rings. The largest absolute Gasteiger partial charge is 0.394 e. The lowest BCUT2D eigenvalue weighted by Gasteiger charge is -2.13. The number of aromatic nitrogens is 2. The van der Waals surface area contributed by atoms with E-state index in [1.165, 1.54) is 0 Å². The second-order valence-corrected chi connectivity index (χ2v) is 13.1. The van der Waals surface area contributed by atoms with Crippen LogP contribution in [-0.2, 0) is 14.1 Å². The first-order chi connectivity index (χ1) is 26.3. The summed E-state index contributed by atoms with van der Waals surface area (Å²) >= 11 is 0. The van der Waals surface area contributed by atoms with Gasteiger partial charge in [0.05, 0.1) is 56.6 Å². The van der Waals surface area contributed by atoms with Gasteiger partial charge in [-0.3, -0.25) is 9.13 Å². The van der Waals surface area contributed by atoms with Gasteiger partial charge in [-0.15, -0.1) is 0 Å². The predicted molar refractivity (Wildman–Crippen MR) is 207 cm³/mol. The molecule has 0 spiro atoms. The van der Waals surface area contributed by atoms with Gasteiger partial charge in [0.2, 0.25) is 0 Å². The first-order valence-electron chi connectivity index (χ1n) is 17.4. The molecule has 258 valence electrons. The number of benzene rings is 1. The minimum absolute atomic E-state index is 0.219. The molecule has 0 saturated heterocycles. The maximum atomic E-state index is 14.3. The fourth-order valence-corrected chi connectivity index (χ4v) is 7.63. The Balaban J connectivity index is 1.31. The molecule has 4 heterocycles. The lowest BCUT2D eigenvalue weighted by atomic mass is 9.80. The molecule has 0 saturated carbocycles. The van der Waals surface area contributed by atoms with Gasteiger partial charge in [0, 0.05) is 38.4 Å². The molecule has 0 atom stereocenters. The van der Waals surface area contributed by atoms with Crippen LogP contribution in [0.3, 0.4) is 0 Å². The van der Waals surface area contributed by atoms with Crippen molar-refractivity contribution in [2.24, 2.45) is 14.1 Å². The summed E-state index contributed by atoms with van der Waals surface area (Å²) < 4.78 is 14.7. The smallest absolute Gasteiger partial charge is 0.390 e. The maximum Gasteiger partial charge on any atom is 0.394 e. The average molecular weight is 707 g/mol. The Morgan fingerprint density at radius 3 is 1.13 bits per heavy atom. The highest BCUT2D eigenvalue weighted by atomic mass is 16.4. The van der Waals surface area contributed by atoms with Crippen molar-refractivity contribution in [3.8, 4) is 45.2 Å². The summed E-state index contributed by atoms with van der Waals surface area (Å²) in [5, 5.41) is 0. The Morgan fingerprint density at radius 1 is 0.389 bits per heavy atom. The van der Waals surface area contributed by atoms with Crippen molar-refractivity contribution in [3.05, 3.63) is 232 Å². The van der Waals surface area contributed by atoms with E-state index in [9.17, 15) is 19.2 Å². The van der Waals surface area contributed by atoms with Crippen molar-refractivity contribution >= 4 is 0 Å². The molecule has 4 aliphatic carbocycles. The van der Waals surface area contributed by atoms with E-state index in [1.54, 1.807) is 71.8 Å². The highest BCUT2D eigenvalue weighted by molar-refractivity contribution is 5.82. The van der Waals surface area contributed by atoms with Crippen LogP contribution in [0.4, 0.5) is 0 Å². The first-order valence-corrected chi connectivity index (χ1v) is 17.4. The van der Waals surface area contributed by atoms with Crippen LogP contribution in [0.5, 0.6) is 0 Å². The molecule has 0 fully saturated rings. The van der Waals surface area contributed by atoms with E-state index in [2.05, 4.69) is 0 Å². The number of furan rings is 2. The highest BCUT2D eigenvalue weighted by Crippen LogP contribution is 2.43. The molecule has 0 unspecified atom stereocenters. The highest BCUT2D eigenvalue weighted by Gasteiger charge is 2.42. The second kappa shape index (κ2) is 12.7. The molecule has 1 aromatic rings. The molecule has 8 nitrogen and oxygen atoms in total. The number of hydrogen-bond acceptors (Lipinski definition) is 6. The van der Waals surface area contributed by atoms with Gasteiger partial charge in [0.1, 0.15) is 11.1 Å². The lowest BCUT2D eigenvalue weighted by molar-refractivity contribution is 0.539. The maximum absolute atomic E-state index is 14.3. The molecule has 8 heteroatoms. The Hall–Kier alpha value is -7.32. The van der Waals surface area contributed by atoms with Crippen LogP contribution >= 0.6 is 0 Å². The summed E-state index contributed by atoms with van der Waals surface area (Å²) in [7, 11) is 3.45. The van der Waals surface area contributed by atoms with Gasteiger partial charge < -0.3 is 8.83 Å². The molecular formula is C46H30N2O6+2. The third-order valence-corrected chi connectivity index (χ3v) is 10.1. The van der Waals surface area contributed by atoms with Crippen LogP contribution in [0.1, 0.15) is 33.4 Å². The minimum Gasteiger partial charge on any atom is -0.390 e. The number of rotatable bonds is 6. The topological polar surface area (TPSA) is 104 Å². The van der Waals surface area contributed by atoms with Crippen LogP contribution in [0.15, 0.2) is 174 Å². The van der Waals surface area contributed by atoms with E-state index in [1.807, 2.05) is 97.1 Å². The Bertz CT molecular complexity index is 2790. The van der Waals surface area contributed by atoms with Gasteiger partial charge in [-0.25, -0.2) is 19.2 Å². The first kappa shape index (κ1) is 32.6. The van der Waals surface area contributed by atoms with E-state index in [-0.39, 0.29) is 22.2 Å². The zero-order chi connectivity index (χ0) is 37.1. The fourth-order valence-electron chi connectivity index (χ4n) is 7.63. The molecule has 0 N–H and O–H groups in total.